The Bertz CT molecular complexity index is 601. The zero-order valence-corrected chi connectivity index (χ0v) is 13.8. The predicted octanol–water partition coefficient (Wildman–Crippen LogP) is -0.864. The molecule has 1 heterocycles. The summed E-state index contributed by atoms with van der Waals surface area (Å²) in [6.45, 7) is 2.72. The van der Waals surface area contributed by atoms with Gasteiger partial charge in [-0.2, -0.15) is 0 Å². The Morgan fingerprint density at radius 1 is 1.20 bits per heavy atom. The maximum atomic E-state index is 12.0. The molecule has 5 atom stereocenters. The van der Waals surface area contributed by atoms with E-state index in [1.165, 1.54) is 18.2 Å². The fraction of sp³-hybridized carbons (Fsp3) is 0.562. The van der Waals surface area contributed by atoms with E-state index in [0.717, 1.165) is 0 Å². The maximum Gasteiger partial charge on any atom is 0.342 e. The van der Waals surface area contributed by atoms with Crippen molar-refractivity contribution in [2.75, 3.05) is 6.61 Å². The van der Waals surface area contributed by atoms with E-state index in [0.29, 0.717) is 0 Å². The molecule has 0 unspecified atom stereocenters. The zero-order valence-electron chi connectivity index (χ0n) is 13.8. The Kier molecular flexibility index (Phi) is 6.20. The molecule has 9 heteroatoms. The molecule has 140 valence electrons. The molecule has 1 aliphatic heterocycles. The number of carbonyl (C=O) groups is 1. The molecule has 0 spiro atoms. The van der Waals surface area contributed by atoms with Gasteiger partial charge in [0.05, 0.1) is 12.7 Å². The van der Waals surface area contributed by atoms with E-state index in [9.17, 15) is 25.2 Å². The van der Waals surface area contributed by atoms with Gasteiger partial charge in [0.1, 0.15) is 41.5 Å². The first-order valence-electron chi connectivity index (χ1n) is 7.75. The van der Waals surface area contributed by atoms with E-state index in [1.54, 1.807) is 13.8 Å². The van der Waals surface area contributed by atoms with E-state index in [1.807, 2.05) is 0 Å². The normalized spacial score (nSPS) is 29.5. The standard InChI is InChI=1S/C16H22O9/c1-7(2)23-15(22)9-5-8(3-4-10(9)18)24-16-14(21)13(20)12(19)11(6-17)25-16/h3-5,7,11-14,16-21H,6H2,1-2H3/t11-,12-,13+,14-,16-/m1/s1. The van der Waals surface area contributed by atoms with Crippen LogP contribution in [0.25, 0.3) is 0 Å². The highest BCUT2D eigenvalue weighted by molar-refractivity contribution is 5.93. The Labute approximate surface area is 144 Å². The molecule has 0 aromatic heterocycles. The Hall–Kier alpha value is -1.91. The van der Waals surface area contributed by atoms with Crippen LogP contribution in [0.3, 0.4) is 0 Å². The number of ether oxygens (including phenoxy) is 3. The molecule has 1 fully saturated rings. The lowest BCUT2D eigenvalue weighted by Gasteiger charge is -2.39. The topological polar surface area (TPSA) is 146 Å². The molecular formula is C16H22O9. The molecule has 5 N–H and O–H groups in total. The fourth-order valence-electron chi connectivity index (χ4n) is 2.33. The second kappa shape index (κ2) is 7.98. The molecule has 0 saturated carbocycles. The van der Waals surface area contributed by atoms with Crippen molar-refractivity contribution >= 4 is 5.97 Å². The second-order valence-electron chi connectivity index (χ2n) is 5.95. The third-order valence-electron chi connectivity index (χ3n) is 3.63. The number of carbonyl (C=O) groups excluding carboxylic acids is 1. The lowest BCUT2D eigenvalue weighted by atomic mass is 9.99. The molecule has 0 amide bonds. The molecule has 0 aliphatic carbocycles. The van der Waals surface area contributed by atoms with Crippen LogP contribution < -0.4 is 4.74 Å². The van der Waals surface area contributed by atoms with Crippen LogP contribution in [0, 0.1) is 0 Å². The van der Waals surface area contributed by atoms with E-state index >= 15 is 0 Å². The summed E-state index contributed by atoms with van der Waals surface area (Å²) in [6.07, 6.45) is -7.57. The number of aliphatic hydroxyl groups excluding tert-OH is 4. The van der Waals surface area contributed by atoms with Gasteiger partial charge in [0.25, 0.3) is 0 Å². The minimum absolute atomic E-state index is 0.0536. The van der Waals surface area contributed by atoms with Gasteiger partial charge >= 0.3 is 5.97 Å². The number of benzene rings is 1. The van der Waals surface area contributed by atoms with Crippen LogP contribution in [0.4, 0.5) is 0 Å². The van der Waals surface area contributed by atoms with Gasteiger partial charge in [-0.1, -0.05) is 0 Å². The zero-order chi connectivity index (χ0) is 18.7. The summed E-state index contributed by atoms with van der Waals surface area (Å²) in [5.74, 6) is -1.02. The summed E-state index contributed by atoms with van der Waals surface area (Å²) in [5, 5.41) is 48.4. The summed E-state index contributed by atoms with van der Waals surface area (Å²) >= 11 is 0. The van der Waals surface area contributed by atoms with Crippen molar-refractivity contribution in [3.05, 3.63) is 23.8 Å². The van der Waals surface area contributed by atoms with Crippen molar-refractivity contribution in [3.63, 3.8) is 0 Å². The number of phenols is 1. The number of hydrogen-bond acceptors (Lipinski definition) is 9. The van der Waals surface area contributed by atoms with E-state index < -0.39 is 43.3 Å². The minimum Gasteiger partial charge on any atom is -0.507 e. The molecule has 1 aliphatic rings. The predicted molar refractivity (Wildman–Crippen MR) is 83.1 cm³/mol. The van der Waals surface area contributed by atoms with Crippen molar-refractivity contribution in [3.8, 4) is 11.5 Å². The quantitative estimate of drug-likeness (QED) is 0.424. The number of aliphatic hydroxyl groups is 4. The van der Waals surface area contributed by atoms with Crippen molar-refractivity contribution in [1.29, 1.82) is 0 Å². The van der Waals surface area contributed by atoms with Crippen LogP contribution in [0.15, 0.2) is 18.2 Å². The third kappa shape index (κ3) is 4.39. The van der Waals surface area contributed by atoms with Crippen molar-refractivity contribution in [2.24, 2.45) is 0 Å². The fourth-order valence-corrected chi connectivity index (χ4v) is 2.33. The third-order valence-corrected chi connectivity index (χ3v) is 3.63. The molecule has 0 radical (unpaired) electrons. The van der Waals surface area contributed by atoms with Crippen LogP contribution in [-0.2, 0) is 9.47 Å². The Balaban J connectivity index is 2.18. The minimum atomic E-state index is -1.59. The number of esters is 1. The lowest BCUT2D eigenvalue weighted by Crippen LogP contribution is -2.60. The Morgan fingerprint density at radius 3 is 2.48 bits per heavy atom. The average molecular weight is 358 g/mol. The van der Waals surface area contributed by atoms with Gasteiger partial charge in [0, 0.05) is 0 Å². The molecule has 25 heavy (non-hydrogen) atoms. The first-order chi connectivity index (χ1) is 11.7. The van der Waals surface area contributed by atoms with E-state index in [2.05, 4.69) is 0 Å². The lowest BCUT2D eigenvalue weighted by molar-refractivity contribution is -0.277. The van der Waals surface area contributed by atoms with Gasteiger partial charge in [-0.25, -0.2) is 4.79 Å². The number of rotatable bonds is 5. The number of aromatic hydroxyl groups is 1. The van der Waals surface area contributed by atoms with Gasteiger partial charge in [0.15, 0.2) is 0 Å². The highest BCUT2D eigenvalue weighted by atomic mass is 16.7. The van der Waals surface area contributed by atoms with Crippen LogP contribution in [-0.4, -0.2) is 74.9 Å². The van der Waals surface area contributed by atoms with E-state index in [-0.39, 0.29) is 23.2 Å². The molecule has 1 aromatic carbocycles. The molecule has 9 nitrogen and oxygen atoms in total. The van der Waals surface area contributed by atoms with Gasteiger partial charge in [0.2, 0.25) is 6.29 Å². The molecule has 0 bridgehead atoms. The van der Waals surface area contributed by atoms with Gasteiger partial charge in [-0.15, -0.1) is 0 Å². The molecule has 2 rings (SSSR count). The van der Waals surface area contributed by atoms with Crippen molar-refractivity contribution in [2.45, 2.75) is 50.7 Å². The summed E-state index contributed by atoms with van der Waals surface area (Å²) in [5.41, 5.74) is -0.143. The molecular weight excluding hydrogens is 336 g/mol. The van der Waals surface area contributed by atoms with Crippen LogP contribution in [0.2, 0.25) is 0 Å². The summed E-state index contributed by atoms with van der Waals surface area (Å²) in [7, 11) is 0. The van der Waals surface area contributed by atoms with Crippen molar-refractivity contribution < 1.29 is 44.5 Å². The maximum absolute atomic E-state index is 12.0. The monoisotopic (exact) mass is 358 g/mol. The highest BCUT2D eigenvalue weighted by Crippen LogP contribution is 2.28. The van der Waals surface area contributed by atoms with Crippen molar-refractivity contribution in [1.82, 2.24) is 0 Å². The summed E-state index contributed by atoms with van der Waals surface area (Å²) in [4.78, 5) is 12.0. The number of phenolic OH excluding ortho intramolecular Hbond substituents is 1. The first-order valence-corrected chi connectivity index (χ1v) is 7.75. The van der Waals surface area contributed by atoms with Gasteiger partial charge in [-0.3, -0.25) is 0 Å². The smallest absolute Gasteiger partial charge is 0.342 e. The largest absolute Gasteiger partial charge is 0.507 e. The molecule has 1 saturated heterocycles. The SMILES string of the molecule is CC(C)OC(=O)c1cc(O[C@@H]2O[C@H](CO)[C@@H](O)[C@H](O)[C@H]2O)ccc1O. The van der Waals surface area contributed by atoms with Gasteiger partial charge in [-0.05, 0) is 32.0 Å². The molecule has 1 aromatic rings. The average Bonchev–Trinajstić information content (AvgIpc) is 2.56. The van der Waals surface area contributed by atoms with E-state index in [4.69, 9.17) is 19.3 Å². The number of hydrogen-bond donors (Lipinski definition) is 5. The van der Waals surface area contributed by atoms with Crippen LogP contribution in [0.1, 0.15) is 24.2 Å². The highest BCUT2D eigenvalue weighted by Gasteiger charge is 2.44. The van der Waals surface area contributed by atoms with Crippen LogP contribution in [0.5, 0.6) is 11.5 Å². The first kappa shape index (κ1) is 19.4. The Morgan fingerprint density at radius 2 is 1.88 bits per heavy atom. The summed E-state index contributed by atoms with van der Waals surface area (Å²) < 4.78 is 15.6. The van der Waals surface area contributed by atoms with Crippen LogP contribution >= 0.6 is 0 Å². The summed E-state index contributed by atoms with van der Waals surface area (Å²) in [6, 6.07) is 3.72. The second-order valence-corrected chi connectivity index (χ2v) is 5.95. The van der Waals surface area contributed by atoms with Gasteiger partial charge < -0.3 is 39.7 Å².